The molecule has 0 saturated heterocycles. The molecular formula is C12H6ClFN2O5. The second-order valence-electron chi connectivity index (χ2n) is 3.79. The molecule has 21 heavy (non-hydrogen) atoms. The fraction of sp³-hybridized carbons (Fsp3) is 0. The predicted octanol–water partition coefficient (Wildman–Crippen LogP) is 3.27. The lowest BCUT2D eigenvalue weighted by Crippen LogP contribution is -1.99. The van der Waals surface area contributed by atoms with Crippen LogP contribution in [-0.2, 0) is 0 Å². The number of nitro groups is 1. The summed E-state index contributed by atoms with van der Waals surface area (Å²) in [5.74, 6) is -2.57. The van der Waals surface area contributed by atoms with Gasteiger partial charge in [-0.3, -0.25) is 10.1 Å². The zero-order valence-corrected chi connectivity index (χ0v) is 10.9. The maximum atomic E-state index is 13.4. The van der Waals surface area contributed by atoms with Crippen LogP contribution in [0.4, 0.5) is 10.1 Å². The number of rotatable bonds is 4. The van der Waals surface area contributed by atoms with E-state index in [9.17, 15) is 19.3 Å². The first-order chi connectivity index (χ1) is 9.86. The highest BCUT2D eigenvalue weighted by Crippen LogP contribution is 2.27. The van der Waals surface area contributed by atoms with Gasteiger partial charge in [0.15, 0.2) is 0 Å². The van der Waals surface area contributed by atoms with Crippen LogP contribution in [0.5, 0.6) is 11.6 Å². The van der Waals surface area contributed by atoms with Crippen LogP contribution in [0.25, 0.3) is 0 Å². The highest BCUT2D eigenvalue weighted by Gasteiger charge is 2.15. The van der Waals surface area contributed by atoms with E-state index in [-0.39, 0.29) is 22.3 Å². The quantitative estimate of drug-likeness (QED) is 0.528. The standard InChI is InChI=1S/C12H6ClFN2O5/c13-10-3-6(12(17)18)4-11(15-10)21-7-1-2-9(16(19)20)8(14)5-7/h1-5H,(H,17,18). The second-order valence-corrected chi connectivity index (χ2v) is 4.18. The number of ether oxygens (including phenoxy) is 1. The minimum Gasteiger partial charge on any atom is -0.478 e. The molecule has 0 unspecified atom stereocenters. The Bertz CT molecular complexity index is 738. The predicted molar refractivity (Wildman–Crippen MR) is 69.3 cm³/mol. The summed E-state index contributed by atoms with van der Waals surface area (Å²) >= 11 is 5.64. The van der Waals surface area contributed by atoms with Gasteiger partial charge in [-0.2, -0.15) is 4.39 Å². The number of carboxylic acid groups (broad SMARTS) is 1. The molecule has 0 spiro atoms. The number of aromatic nitrogens is 1. The summed E-state index contributed by atoms with van der Waals surface area (Å²) in [6.45, 7) is 0. The van der Waals surface area contributed by atoms with E-state index in [1.165, 1.54) is 0 Å². The van der Waals surface area contributed by atoms with Gasteiger partial charge >= 0.3 is 11.7 Å². The van der Waals surface area contributed by atoms with Crippen LogP contribution in [0.3, 0.4) is 0 Å². The Morgan fingerprint density at radius 1 is 1.38 bits per heavy atom. The summed E-state index contributed by atoms with van der Waals surface area (Å²) in [6.07, 6.45) is 0. The van der Waals surface area contributed by atoms with Crippen LogP contribution >= 0.6 is 11.6 Å². The highest BCUT2D eigenvalue weighted by molar-refractivity contribution is 6.29. The Kier molecular flexibility index (Phi) is 3.99. The van der Waals surface area contributed by atoms with Gasteiger partial charge in [-0.05, 0) is 12.1 Å². The van der Waals surface area contributed by atoms with Crippen molar-refractivity contribution >= 4 is 23.3 Å². The van der Waals surface area contributed by atoms with Gasteiger partial charge < -0.3 is 9.84 Å². The summed E-state index contributed by atoms with van der Waals surface area (Å²) in [5, 5.41) is 19.2. The van der Waals surface area contributed by atoms with Gasteiger partial charge in [0.25, 0.3) is 0 Å². The Hall–Kier alpha value is -2.74. The smallest absolute Gasteiger partial charge is 0.335 e. The van der Waals surface area contributed by atoms with Gasteiger partial charge in [0, 0.05) is 18.2 Å². The van der Waals surface area contributed by atoms with E-state index in [4.69, 9.17) is 21.4 Å². The largest absolute Gasteiger partial charge is 0.478 e. The van der Waals surface area contributed by atoms with Crippen molar-refractivity contribution in [3.05, 3.63) is 57.0 Å². The van der Waals surface area contributed by atoms with E-state index >= 15 is 0 Å². The molecule has 0 radical (unpaired) electrons. The molecule has 1 heterocycles. The van der Waals surface area contributed by atoms with Crippen LogP contribution < -0.4 is 4.74 Å². The zero-order chi connectivity index (χ0) is 15.6. The fourth-order valence-corrected chi connectivity index (χ4v) is 1.67. The molecule has 1 aromatic heterocycles. The van der Waals surface area contributed by atoms with Crippen molar-refractivity contribution < 1.29 is 24.0 Å². The molecule has 0 amide bonds. The van der Waals surface area contributed by atoms with Crippen molar-refractivity contribution in [2.24, 2.45) is 0 Å². The van der Waals surface area contributed by atoms with Crippen molar-refractivity contribution in [1.29, 1.82) is 0 Å². The molecule has 9 heteroatoms. The van der Waals surface area contributed by atoms with Crippen LogP contribution in [-0.4, -0.2) is 21.0 Å². The van der Waals surface area contributed by atoms with Crippen LogP contribution in [0.2, 0.25) is 5.15 Å². The van der Waals surface area contributed by atoms with E-state index in [0.717, 1.165) is 30.3 Å². The zero-order valence-electron chi connectivity index (χ0n) is 10.1. The molecule has 0 aliphatic rings. The summed E-state index contributed by atoms with van der Waals surface area (Å²) in [4.78, 5) is 24.2. The second kappa shape index (κ2) is 5.71. The summed E-state index contributed by atoms with van der Waals surface area (Å²) in [7, 11) is 0. The van der Waals surface area contributed by atoms with Gasteiger partial charge in [-0.1, -0.05) is 11.6 Å². The lowest BCUT2D eigenvalue weighted by Gasteiger charge is -2.06. The van der Waals surface area contributed by atoms with Crippen molar-refractivity contribution in [2.45, 2.75) is 0 Å². The van der Waals surface area contributed by atoms with E-state index in [0.29, 0.717) is 0 Å². The lowest BCUT2D eigenvalue weighted by atomic mass is 10.2. The van der Waals surface area contributed by atoms with Gasteiger partial charge in [0.1, 0.15) is 10.9 Å². The first kappa shape index (κ1) is 14.7. The summed E-state index contributed by atoms with van der Waals surface area (Å²) in [5.41, 5.74) is -0.861. The molecule has 1 aromatic carbocycles. The number of hydrogen-bond acceptors (Lipinski definition) is 5. The first-order valence-corrected chi connectivity index (χ1v) is 5.77. The van der Waals surface area contributed by atoms with Gasteiger partial charge in [0.05, 0.1) is 10.5 Å². The number of hydrogen-bond donors (Lipinski definition) is 1. The Morgan fingerprint density at radius 3 is 2.67 bits per heavy atom. The summed E-state index contributed by atoms with van der Waals surface area (Å²) < 4.78 is 18.6. The third-order valence-corrected chi connectivity index (χ3v) is 2.55. The van der Waals surface area contributed by atoms with E-state index < -0.39 is 22.4 Å². The topological polar surface area (TPSA) is 103 Å². The molecule has 0 aliphatic heterocycles. The van der Waals surface area contributed by atoms with Gasteiger partial charge in [-0.25, -0.2) is 9.78 Å². The number of aromatic carboxylic acids is 1. The van der Waals surface area contributed by atoms with Crippen molar-refractivity contribution in [3.63, 3.8) is 0 Å². The minimum atomic E-state index is -1.24. The monoisotopic (exact) mass is 312 g/mol. The Balaban J connectivity index is 2.32. The normalized spacial score (nSPS) is 10.2. The number of halogens is 2. The molecule has 0 atom stereocenters. The first-order valence-electron chi connectivity index (χ1n) is 5.39. The highest BCUT2D eigenvalue weighted by atomic mass is 35.5. The SMILES string of the molecule is O=C(O)c1cc(Cl)nc(Oc2ccc([N+](=O)[O-])c(F)c2)c1. The average molecular weight is 313 g/mol. The maximum absolute atomic E-state index is 13.4. The number of carboxylic acids is 1. The van der Waals surface area contributed by atoms with E-state index in [1.54, 1.807) is 0 Å². The van der Waals surface area contributed by atoms with Gasteiger partial charge in [0.2, 0.25) is 11.7 Å². The van der Waals surface area contributed by atoms with Crippen LogP contribution in [0, 0.1) is 15.9 Å². The lowest BCUT2D eigenvalue weighted by molar-refractivity contribution is -0.387. The van der Waals surface area contributed by atoms with Gasteiger partial charge in [-0.15, -0.1) is 0 Å². The molecular weight excluding hydrogens is 307 g/mol. The fourth-order valence-electron chi connectivity index (χ4n) is 1.47. The van der Waals surface area contributed by atoms with Crippen molar-refractivity contribution in [1.82, 2.24) is 4.98 Å². The molecule has 2 rings (SSSR count). The van der Waals surface area contributed by atoms with Crippen LogP contribution in [0.15, 0.2) is 30.3 Å². The van der Waals surface area contributed by atoms with Crippen LogP contribution in [0.1, 0.15) is 10.4 Å². The molecule has 0 fully saturated rings. The number of benzene rings is 1. The number of nitrogens with zero attached hydrogens (tertiary/aromatic N) is 2. The number of pyridine rings is 1. The molecule has 108 valence electrons. The molecule has 2 aromatic rings. The molecule has 0 bridgehead atoms. The third kappa shape index (κ3) is 3.42. The maximum Gasteiger partial charge on any atom is 0.335 e. The Morgan fingerprint density at radius 2 is 2.10 bits per heavy atom. The molecule has 0 saturated carbocycles. The van der Waals surface area contributed by atoms with Crippen molar-refractivity contribution in [3.8, 4) is 11.6 Å². The Labute approximate surface area is 121 Å². The third-order valence-electron chi connectivity index (χ3n) is 2.36. The van der Waals surface area contributed by atoms with Crippen molar-refractivity contribution in [2.75, 3.05) is 0 Å². The molecule has 7 nitrogen and oxygen atoms in total. The molecule has 1 N–H and O–H groups in total. The number of carbonyl (C=O) groups is 1. The number of nitro benzene ring substituents is 1. The van der Waals surface area contributed by atoms with E-state index in [2.05, 4.69) is 4.98 Å². The average Bonchev–Trinajstić information content (AvgIpc) is 2.37. The summed E-state index contributed by atoms with van der Waals surface area (Å²) in [6, 6.07) is 5.08. The van der Waals surface area contributed by atoms with E-state index in [1.807, 2.05) is 0 Å². The minimum absolute atomic E-state index is 0.0794. The molecule has 0 aliphatic carbocycles.